The van der Waals surface area contributed by atoms with E-state index in [0.717, 1.165) is 38.3 Å². The number of carboxylic acids is 1. The predicted molar refractivity (Wildman–Crippen MR) is 110 cm³/mol. The van der Waals surface area contributed by atoms with Crippen LogP contribution in [0, 0.1) is 11.8 Å². The van der Waals surface area contributed by atoms with E-state index in [0.29, 0.717) is 24.9 Å². The Bertz CT molecular complexity index is 1090. The van der Waals surface area contributed by atoms with Crippen LogP contribution in [0.3, 0.4) is 0 Å². The van der Waals surface area contributed by atoms with Crippen molar-refractivity contribution >= 4 is 17.3 Å². The number of carboxylic acid groups (broad SMARTS) is 1. The molecule has 2 aliphatic heterocycles. The lowest BCUT2D eigenvalue weighted by Gasteiger charge is -2.25. The topological polar surface area (TPSA) is 97.4 Å². The van der Waals surface area contributed by atoms with Gasteiger partial charge in [-0.25, -0.2) is 9.48 Å². The first-order chi connectivity index (χ1) is 15.1. The Hall–Kier alpha value is -2.47. The van der Waals surface area contributed by atoms with Crippen LogP contribution in [0.1, 0.15) is 35.9 Å². The number of alkyl halides is 3. The molecule has 5 rings (SSSR count). The van der Waals surface area contributed by atoms with Crippen LogP contribution in [0.25, 0.3) is 0 Å². The molecule has 4 heterocycles. The minimum atomic E-state index is -5.08. The summed E-state index contributed by atoms with van der Waals surface area (Å²) in [6.07, 6.45) is -1.56. The van der Waals surface area contributed by atoms with Crippen molar-refractivity contribution in [1.29, 1.82) is 0 Å². The molecule has 0 spiro atoms. The molecule has 2 atom stereocenters. The molecule has 1 N–H and O–H groups in total. The Kier molecular flexibility index (Phi) is 6.26. The van der Waals surface area contributed by atoms with E-state index >= 15 is 0 Å². The molecule has 0 aromatic carbocycles. The van der Waals surface area contributed by atoms with Gasteiger partial charge in [0.1, 0.15) is 5.82 Å². The van der Waals surface area contributed by atoms with Crippen molar-refractivity contribution in [3.05, 3.63) is 48.9 Å². The normalized spacial score (nSPS) is 22.6. The maximum atomic E-state index is 12.5. The number of carbonyl (C=O) groups is 1. The maximum Gasteiger partial charge on any atom is 0.490 e. The van der Waals surface area contributed by atoms with E-state index in [1.54, 1.807) is 15.9 Å². The molecule has 1 saturated carbocycles. The van der Waals surface area contributed by atoms with Crippen molar-refractivity contribution in [2.45, 2.75) is 51.0 Å². The average Bonchev–Trinajstić information content (AvgIpc) is 3.39. The van der Waals surface area contributed by atoms with Gasteiger partial charge in [-0.15, -0.1) is 11.3 Å². The SMILES string of the molecule is O=C(O)C(F)(F)F.O=c1c(=O)n2c(nn1CC1CCC1)C1CN(Cc3cccs3)CC1C2. The number of rotatable bonds is 4. The zero-order valence-corrected chi connectivity index (χ0v) is 17.9. The summed E-state index contributed by atoms with van der Waals surface area (Å²) in [4.78, 5) is 37.6. The first-order valence-electron chi connectivity index (χ1n) is 10.4. The molecule has 1 aliphatic carbocycles. The summed E-state index contributed by atoms with van der Waals surface area (Å²) in [5, 5.41) is 13.9. The Morgan fingerprint density at radius 1 is 1.19 bits per heavy atom. The molecule has 1 saturated heterocycles. The van der Waals surface area contributed by atoms with E-state index in [9.17, 15) is 22.8 Å². The van der Waals surface area contributed by atoms with Gasteiger partial charge < -0.3 is 5.11 Å². The summed E-state index contributed by atoms with van der Waals surface area (Å²) in [5.74, 6) is -0.723. The highest BCUT2D eigenvalue weighted by atomic mass is 32.1. The van der Waals surface area contributed by atoms with E-state index in [2.05, 4.69) is 27.5 Å². The highest BCUT2D eigenvalue weighted by Crippen LogP contribution is 2.38. The van der Waals surface area contributed by atoms with Crippen LogP contribution < -0.4 is 11.1 Å². The summed E-state index contributed by atoms with van der Waals surface area (Å²) in [7, 11) is 0. The zero-order chi connectivity index (χ0) is 23.0. The minimum Gasteiger partial charge on any atom is -0.475 e. The minimum absolute atomic E-state index is 0.279. The molecule has 0 radical (unpaired) electrons. The molecule has 2 aromatic rings. The largest absolute Gasteiger partial charge is 0.490 e. The van der Waals surface area contributed by atoms with Gasteiger partial charge in [-0.3, -0.25) is 19.1 Å². The van der Waals surface area contributed by atoms with Crippen molar-refractivity contribution < 1.29 is 23.1 Å². The van der Waals surface area contributed by atoms with Gasteiger partial charge >= 0.3 is 23.3 Å². The third-order valence-corrected chi connectivity index (χ3v) is 7.15. The molecular weight excluding hydrogens is 449 g/mol. The zero-order valence-electron chi connectivity index (χ0n) is 17.1. The first kappa shape index (κ1) is 22.7. The summed E-state index contributed by atoms with van der Waals surface area (Å²) in [6, 6.07) is 4.26. The predicted octanol–water partition coefficient (Wildman–Crippen LogP) is 2.13. The number of hydrogen-bond donors (Lipinski definition) is 1. The molecule has 0 bridgehead atoms. The van der Waals surface area contributed by atoms with Crippen molar-refractivity contribution in [3.63, 3.8) is 0 Å². The second-order valence-corrected chi connectivity index (χ2v) is 9.53. The van der Waals surface area contributed by atoms with Crippen LogP contribution in [0.5, 0.6) is 0 Å². The fraction of sp³-hybridized carbons (Fsp3) is 0.600. The Balaban J connectivity index is 0.000000307. The van der Waals surface area contributed by atoms with E-state index in [1.165, 1.54) is 16.0 Å². The van der Waals surface area contributed by atoms with Gasteiger partial charge in [-0.2, -0.15) is 18.3 Å². The van der Waals surface area contributed by atoms with Crippen LogP contribution in [0.15, 0.2) is 27.1 Å². The monoisotopic (exact) mass is 472 g/mol. The molecule has 0 amide bonds. The van der Waals surface area contributed by atoms with Gasteiger partial charge in [-0.05, 0) is 30.2 Å². The van der Waals surface area contributed by atoms with E-state index in [4.69, 9.17) is 9.90 Å². The number of hydrogen-bond acceptors (Lipinski definition) is 6. The van der Waals surface area contributed by atoms with Crippen LogP contribution in [0.4, 0.5) is 13.2 Å². The molecule has 8 nitrogen and oxygen atoms in total. The highest BCUT2D eigenvalue weighted by molar-refractivity contribution is 7.09. The second-order valence-electron chi connectivity index (χ2n) is 8.50. The fourth-order valence-electron chi connectivity index (χ4n) is 4.47. The standard InChI is InChI=1S/C18H22N4O2S.C2HF3O2/c23-17-18(24)22(7-12-3-1-4-12)19-16-15-11-20(8-13(15)9-21(16)17)10-14-5-2-6-25-14;3-2(4,5)1(6)7/h2,5-6,12-13,15H,1,3-4,7-11H2;(H,6,7). The van der Waals surface area contributed by atoms with Crippen LogP contribution in [0.2, 0.25) is 0 Å². The van der Waals surface area contributed by atoms with Gasteiger partial charge in [0, 0.05) is 49.4 Å². The highest BCUT2D eigenvalue weighted by Gasteiger charge is 2.43. The molecular formula is C20H23F3N4O4S. The molecule has 3 aliphatic rings. The van der Waals surface area contributed by atoms with Crippen LogP contribution >= 0.6 is 11.3 Å². The summed E-state index contributed by atoms with van der Waals surface area (Å²) in [5.41, 5.74) is -0.811. The van der Waals surface area contributed by atoms with Gasteiger partial charge in [0.05, 0.1) is 0 Å². The summed E-state index contributed by atoms with van der Waals surface area (Å²) < 4.78 is 34.8. The second kappa shape index (κ2) is 8.81. The smallest absolute Gasteiger partial charge is 0.475 e. The Labute approximate surface area is 184 Å². The lowest BCUT2D eigenvalue weighted by molar-refractivity contribution is -0.192. The lowest BCUT2D eigenvalue weighted by Crippen LogP contribution is -2.45. The molecule has 12 heteroatoms. The number of halogens is 3. The molecule has 174 valence electrons. The van der Waals surface area contributed by atoms with Gasteiger partial charge in [0.25, 0.3) is 0 Å². The summed E-state index contributed by atoms with van der Waals surface area (Å²) in [6.45, 7) is 4.12. The number of fused-ring (bicyclic) bond motifs is 3. The van der Waals surface area contributed by atoms with Crippen LogP contribution in [-0.2, 0) is 24.4 Å². The molecule has 32 heavy (non-hydrogen) atoms. The third-order valence-electron chi connectivity index (χ3n) is 6.29. The van der Waals surface area contributed by atoms with Gasteiger partial charge in [0.2, 0.25) is 0 Å². The maximum absolute atomic E-state index is 12.5. The van der Waals surface area contributed by atoms with Crippen molar-refractivity contribution in [3.8, 4) is 0 Å². The van der Waals surface area contributed by atoms with E-state index in [-0.39, 0.29) is 11.5 Å². The molecule has 2 unspecified atom stereocenters. The summed E-state index contributed by atoms with van der Waals surface area (Å²) >= 11 is 1.79. The number of aliphatic carboxylic acids is 1. The first-order valence-corrected chi connectivity index (χ1v) is 11.3. The number of nitrogens with zero attached hydrogens (tertiary/aromatic N) is 4. The average molecular weight is 472 g/mol. The molecule has 2 fully saturated rings. The van der Waals surface area contributed by atoms with E-state index < -0.39 is 17.7 Å². The van der Waals surface area contributed by atoms with Gasteiger partial charge in [-0.1, -0.05) is 12.5 Å². The quantitative estimate of drug-likeness (QED) is 0.685. The van der Waals surface area contributed by atoms with Crippen molar-refractivity contribution in [1.82, 2.24) is 19.2 Å². The third kappa shape index (κ3) is 4.65. The van der Waals surface area contributed by atoms with Crippen molar-refractivity contribution in [2.24, 2.45) is 11.8 Å². The van der Waals surface area contributed by atoms with E-state index in [1.807, 2.05) is 0 Å². The number of likely N-dealkylation sites (tertiary alicyclic amines) is 1. The molecule has 2 aromatic heterocycles. The Morgan fingerprint density at radius 3 is 2.47 bits per heavy atom. The van der Waals surface area contributed by atoms with Crippen molar-refractivity contribution in [2.75, 3.05) is 13.1 Å². The fourth-order valence-corrected chi connectivity index (χ4v) is 5.22. The lowest BCUT2D eigenvalue weighted by atomic mass is 9.85. The van der Waals surface area contributed by atoms with Crippen LogP contribution in [-0.4, -0.2) is 49.6 Å². The Morgan fingerprint density at radius 2 is 1.91 bits per heavy atom. The van der Waals surface area contributed by atoms with Gasteiger partial charge in [0.15, 0.2) is 0 Å². The number of thiophene rings is 1. The number of aromatic nitrogens is 3.